The van der Waals surface area contributed by atoms with Gasteiger partial charge in [-0.2, -0.15) is 9.78 Å². The lowest BCUT2D eigenvalue weighted by Gasteiger charge is -2.02. The monoisotopic (exact) mass is 167 g/mol. The van der Waals surface area contributed by atoms with Crippen LogP contribution in [0, 0.1) is 0 Å². The lowest BCUT2D eigenvalue weighted by molar-refractivity contribution is 0.0924. The molecule has 0 aliphatic carbocycles. The van der Waals surface area contributed by atoms with Crippen LogP contribution in [0.1, 0.15) is 37.0 Å². The Bertz CT molecular complexity index is 301. The summed E-state index contributed by atoms with van der Waals surface area (Å²) in [5.41, 5.74) is 6.61. The summed E-state index contributed by atoms with van der Waals surface area (Å²) in [6, 6.07) is 0. The van der Waals surface area contributed by atoms with Crippen molar-refractivity contribution in [3.05, 3.63) is 11.8 Å². The standard InChI is InChI=1S/C8H13N3O/c1-5(2)7-4-10-11(6(3)12)8(7)9/h4-5H,9H2,1-3H3. The van der Waals surface area contributed by atoms with Gasteiger partial charge in [-0.25, -0.2) is 0 Å². The van der Waals surface area contributed by atoms with E-state index in [1.807, 2.05) is 13.8 Å². The van der Waals surface area contributed by atoms with E-state index in [4.69, 9.17) is 5.73 Å². The maximum absolute atomic E-state index is 10.9. The van der Waals surface area contributed by atoms with Crippen LogP contribution in [0.2, 0.25) is 0 Å². The topological polar surface area (TPSA) is 60.9 Å². The number of nitrogens with two attached hydrogens (primary N) is 1. The fraction of sp³-hybridized carbons (Fsp3) is 0.500. The maximum Gasteiger partial charge on any atom is 0.245 e. The Morgan fingerprint density at radius 1 is 1.67 bits per heavy atom. The molecule has 4 nitrogen and oxygen atoms in total. The maximum atomic E-state index is 10.9. The summed E-state index contributed by atoms with van der Waals surface area (Å²) in [4.78, 5) is 10.9. The molecule has 0 spiro atoms. The van der Waals surface area contributed by atoms with E-state index in [1.54, 1.807) is 6.20 Å². The number of aromatic nitrogens is 2. The number of nitrogen functional groups attached to an aromatic ring is 1. The van der Waals surface area contributed by atoms with Crippen LogP contribution in [0.3, 0.4) is 0 Å². The van der Waals surface area contributed by atoms with Crippen LogP contribution < -0.4 is 5.73 Å². The first kappa shape index (κ1) is 8.77. The lowest BCUT2D eigenvalue weighted by Crippen LogP contribution is -2.11. The van der Waals surface area contributed by atoms with E-state index in [2.05, 4.69) is 5.10 Å². The Balaban J connectivity index is 3.13. The highest BCUT2D eigenvalue weighted by Gasteiger charge is 2.12. The van der Waals surface area contributed by atoms with Crippen molar-refractivity contribution in [3.63, 3.8) is 0 Å². The van der Waals surface area contributed by atoms with Crippen molar-refractivity contribution >= 4 is 11.7 Å². The van der Waals surface area contributed by atoms with Crippen molar-refractivity contribution < 1.29 is 4.79 Å². The highest BCUT2D eigenvalue weighted by Crippen LogP contribution is 2.20. The minimum atomic E-state index is -0.153. The van der Waals surface area contributed by atoms with Crippen LogP contribution in [-0.2, 0) is 0 Å². The van der Waals surface area contributed by atoms with E-state index in [-0.39, 0.29) is 5.91 Å². The van der Waals surface area contributed by atoms with Crippen LogP contribution in [0.5, 0.6) is 0 Å². The lowest BCUT2D eigenvalue weighted by atomic mass is 10.1. The predicted molar refractivity (Wildman–Crippen MR) is 47.0 cm³/mol. The van der Waals surface area contributed by atoms with Gasteiger partial charge in [0.1, 0.15) is 5.82 Å². The third kappa shape index (κ3) is 1.32. The zero-order valence-electron chi connectivity index (χ0n) is 7.53. The van der Waals surface area contributed by atoms with Gasteiger partial charge in [0.2, 0.25) is 5.91 Å². The van der Waals surface area contributed by atoms with E-state index in [0.717, 1.165) is 5.56 Å². The normalized spacial score (nSPS) is 10.7. The highest BCUT2D eigenvalue weighted by molar-refractivity contribution is 5.79. The first-order valence-corrected chi connectivity index (χ1v) is 3.88. The van der Waals surface area contributed by atoms with Gasteiger partial charge in [-0.3, -0.25) is 4.79 Å². The Morgan fingerprint density at radius 3 is 2.50 bits per heavy atom. The molecule has 0 saturated heterocycles. The largest absolute Gasteiger partial charge is 0.383 e. The molecule has 0 atom stereocenters. The number of anilines is 1. The summed E-state index contributed by atoms with van der Waals surface area (Å²) in [6.07, 6.45) is 1.64. The van der Waals surface area contributed by atoms with E-state index >= 15 is 0 Å². The second-order valence-electron chi connectivity index (χ2n) is 3.07. The van der Waals surface area contributed by atoms with Crippen molar-refractivity contribution in [2.45, 2.75) is 26.7 Å². The summed E-state index contributed by atoms with van der Waals surface area (Å²) >= 11 is 0. The average Bonchev–Trinajstić information content (AvgIpc) is 2.30. The third-order valence-electron chi connectivity index (χ3n) is 1.76. The highest BCUT2D eigenvalue weighted by atomic mass is 16.2. The van der Waals surface area contributed by atoms with Crippen molar-refractivity contribution in [2.75, 3.05) is 5.73 Å². The Kier molecular flexibility index (Phi) is 2.17. The number of hydrogen-bond acceptors (Lipinski definition) is 3. The molecular weight excluding hydrogens is 154 g/mol. The van der Waals surface area contributed by atoms with Crippen molar-refractivity contribution in [3.8, 4) is 0 Å². The molecular formula is C8H13N3O. The van der Waals surface area contributed by atoms with Crippen LogP contribution in [0.25, 0.3) is 0 Å². The van der Waals surface area contributed by atoms with E-state index < -0.39 is 0 Å². The molecule has 0 aromatic carbocycles. The van der Waals surface area contributed by atoms with Crippen LogP contribution >= 0.6 is 0 Å². The van der Waals surface area contributed by atoms with Crippen molar-refractivity contribution in [1.82, 2.24) is 9.78 Å². The molecule has 0 saturated carbocycles. The molecule has 1 aromatic rings. The summed E-state index contributed by atoms with van der Waals surface area (Å²) in [6.45, 7) is 5.46. The third-order valence-corrected chi connectivity index (χ3v) is 1.76. The van der Waals surface area contributed by atoms with Gasteiger partial charge in [0.25, 0.3) is 0 Å². The fourth-order valence-electron chi connectivity index (χ4n) is 1.07. The number of carbonyl (C=O) groups excluding carboxylic acids is 1. The van der Waals surface area contributed by atoms with Gasteiger partial charge < -0.3 is 5.73 Å². The van der Waals surface area contributed by atoms with Crippen LogP contribution in [-0.4, -0.2) is 15.7 Å². The summed E-state index contributed by atoms with van der Waals surface area (Å²) in [5.74, 6) is 0.606. The van der Waals surface area contributed by atoms with Crippen molar-refractivity contribution in [2.24, 2.45) is 0 Å². The minimum Gasteiger partial charge on any atom is -0.383 e. The second kappa shape index (κ2) is 2.97. The van der Waals surface area contributed by atoms with Gasteiger partial charge in [0.05, 0.1) is 6.20 Å². The molecule has 1 heterocycles. The molecule has 0 amide bonds. The van der Waals surface area contributed by atoms with Crippen LogP contribution in [0.4, 0.5) is 5.82 Å². The molecule has 0 aliphatic rings. The SMILES string of the molecule is CC(=O)n1ncc(C(C)C)c1N. The van der Waals surface area contributed by atoms with Gasteiger partial charge >= 0.3 is 0 Å². The van der Waals surface area contributed by atoms with Gasteiger partial charge in [-0.15, -0.1) is 0 Å². The number of nitrogens with zero attached hydrogens (tertiary/aromatic N) is 2. The number of rotatable bonds is 1. The Labute approximate surface area is 71.4 Å². The zero-order valence-corrected chi connectivity index (χ0v) is 7.53. The average molecular weight is 167 g/mol. The zero-order chi connectivity index (χ0) is 9.30. The predicted octanol–water partition coefficient (Wildman–Crippen LogP) is 1.25. The Morgan fingerprint density at radius 2 is 2.25 bits per heavy atom. The molecule has 0 radical (unpaired) electrons. The molecule has 1 aromatic heterocycles. The summed E-state index contributed by atoms with van der Waals surface area (Å²) in [5, 5.41) is 3.88. The van der Waals surface area contributed by atoms with Gasteiger partial charge in [-0.1, -0.05) is 13.8 Å². The first-order valence-electron chi connectivity index (χ1n) is 3.88. The van der Waals surface area contributed by atoms with Gasteiger partial charge in [0.15, 0.2) is 0 Å². The molecule has 4 heteroatoms. The molecule has 2 N–H and O–H groups in total. The molecule has 0 bridgehead atoms. The smallest absolute Gasteiger partial charge is 0.245 e. The number of hydrogen-bond donors (Lipinski definition) is 1. The summed E-state index contributed by atoms with van der Waals surface area (Å²) in [7, 11) is 0. The molecule has 0 aliphatic heterocycles. The Hall–Kier alpha value is -1.32. The minimum absolute atomic E-state index is 0.153. The van der Waals surface area contributed by atoms with Crippen LogP contribution in [0.15, 0.2) is 6.20 Å². The van der Waals surface area contributed by atoms with E-state index in [9.17, 15) is 4.79 Å². The van der Waals surface area contributed by atoms with E-state index in [0.29, 0.717) is 11.7 Å². The van der Waals surface area contributed by atoms with Crippen molar-refractivity contribution in [1.29, 1.82) is 0 Å². The molecule has 0 unspecified atom stereocenters. The molecule has 1 rings (SSSR count). The van der Waals surface area contributed by atoms with Gasteiger partial charge in [-0.05, 0) is 5.92 Å². The van der Waals surface area contributed by atoms with Gasteiger partial charge in [0, 0.05) is 12.5 Å². The summed E-state index contributed by atoms with van der Waals surface area (Å²) < 4.78 is 1.22. The molecule has 66 valence electrons. The first-order chi connectivity index (χ1) is 5.54. The quantitative estimate of drug-likeness (QED) is 0.684. The van der Waals surface area contributed by atoms with E-state index in [1.165, 1.54) is 11.6 Å². The molecule has 0 fully saturated rings. The fourth-order valence-corrected chi connectivity index (χ4v) is 1.07. The number of carbonyl (C=O) groups is 1. The molecule has 12 heavy (non-hydrogen) atoms. The second-order valence-corrected chi connectivity index (χ2v) is 3.07.